The Morgan fingerprint density at radius 1 is 1.25 bits per heavy atom. The van der Waals surface area contributed by atoms with Crippen LogP contribution in [0.15, 0.2) is 18.2 Å². The van der Waals surface area contributed by atoms with Crippen LogP contribution in [0.2, 0.25) is 0 Å². The normalized spacial score (nSPS) is 38.3. The van der Waals surface area contributed by atoms with Gasteiger partial charge in [0, 0.05) is 0 Å². The fourth-order valence-corrected chi connectivity index (χ4v) is 6.51. The van der Waals surface area contributed by atoms with Crippen LogP contribution in [-0.4, -0.2) is 11.2 Å². The maximum absolute atomic E-state index is 11.1. The van der Waals surface area contributed by atoms with Gasteiger partial charge in [0.05, 0.1) is 13.9 Å². The molecule has 24 heavy (non-hydrogen) atoms. The standard InChI is InChI=1S/C18H25O5P/c1-18-9-8-14-13-5-3-12(19)10-11(13)2-4-15(14)16(18)6-7-17(18)23-24(20,21)22/h3,5,10,14-17,19H,2,4,6-9H2,1H3,(H2,20,21,22)/p-2/t14-,15+,16+,17+,18-/m1/s1. The molecule has 0 saturated heterocycles. The van der Waals surface area contributed by atoms with Crippen LogP contribution in [0.1, 0.15) is 56.1 Å². The zero-order valence-corrected chi connectivity index (χ0v) is 14.7. The third kappa shape index (κ3) is 2.62. The van der Waals surface area contributed by atoms with E-state index in [0.717, 1.165) is 32.1 Å². The average molecular weight is 350 g/mol. The Balaban J connectivity index is 1.62. The van der Waals surface area contributed by atoms with E-state index in [1.807, 2.05) is 6.07 Å². The highest BCUT2D eigenvalue weighted by molar-refractivity contribution is 7.43. The predicted molar refractivity (Wildman–Crippen MR) is 85.2 cm³/mol. The number of aromatic hydroxyl groups is 1. The Labute approximate surface area is 142 Å². The molecule has 0 bridgehead atoms. The Morgan fingerprint density at radius 3 is 2.79 bits per heavy atom. The smallest absolute Gasteiger partial charge is 0.115 e. The molecule has 0 heterocycles. The molecule has 2 saturated carbocycles. The van der Waals surface area contributed by atoms with Gasteiger partial charge in [-0.1, -0.05) is 13.0 Å². The average Bonchev–Trinajstić information content (AvgIpc) is 2.82. The number of phenols is 1. The second-order valence-electron chi connectivity index (χ2n) is 7.96. The van der Waals surface area contributed by atoms with Crippen molar-refractivity contribution in [3.05, 3.63) is 29.3 Å². The zero-order chi connectivity index (χ0) is 17.1. The minimum atomic E-state index is -4.94. The Kier molecular flexibility index (Phi) is 3.85. The molecule has 1 aromatic carbocycles. The van der Waals surface area contributed by atoms with Gasteiger partial charge in [0.15, 0.2) is 0 Å². The first-order valence-corrected chi connectivity index (χ1v) is 10.3. The highest BCUT2D eigenvalue weighted by Crippen LogP contribution is 2.62. The van der Waals surface area contributed by atoms with Gasteiger partial charge in [-0.05, 0) is 85.0 Å². The summed E-state index contributed by atoms with van der Waals surface area (Å²) in [6.07, 6.45) is 4.98. The SMILES string of the molecule is C[C@@]12CC[C@@H]3c4ccc(O)cc4CC[C@@H]3[C@@H]1CC[C@@H]2OP(=O)([O-])[O-]. The van der Waals surface area contributed by atoms with Crippen LogP contribution >= 0.6 is 7.82 Å². The van der Waals surface area contributed by atoms with Crippen molar-refractivity contribution in [3.63, 3.8) is 0 Å². The van der Waals surface area contributed by atoms with Gasteiger partial charge in [0.2, 0.25) is 0 Å². The number of hydrogen-bond donors (Lipinski definition) is 1. The van der Waals surface area contributed by atoms with Gasteiger partial charge in [-0.3, -0.25) is 0 Å². The summed E-state index contributed by atoms with van der Waals surface area (Å²) in [6, 6.07) is 5.70. The predicted octanol–water partition coefficient (Wildman–Crippen LogP) is 2.46. The molecule has 6 heteroatoms. The number of phenolic OH excluding ortho intramolecular Hbond substituents is 1. The molecule has 0 unspecified atom stereocenters. The first kappa shape index (κ1) is 16.6. The lowest BCUT2D eigenvalue weighted by Crippen LogP contribution is -2.45. The van der Waals surface area contributed by atoms with E-state index in [9.17, 15) is 19.5 Å². The summed E-state index contributed by atoms with van der Waals surface area (Å²) in [6.45, 7) is 2.10. The summed E-state index contributed by atoms with van der Waals surface area (Å²) >= 11 is 0. The van der Waals surface area contributed by atoms with Gasteiger partial charge in [-0.15, -0.1) is 0 Å². The van der Waals surface area contributed by atoms with E-state index in [4.69, 9.17) is 4.52 Å². The van der Waals surface area contributed by atoms with E-state index in [1.54, 1.807) is 6.07 Å². The Morgan fingerprint density at radius 2 is 2.04 bits per heavy atom. The number of hydrogen-bond acceptors (Lipinski definition) is 5. The van der Waals surface area contributed by atoms with Crippen molar-refractivity contribution in [1.82, 2.24) is 0 Å². The maximum Gasteiger partial charge on any atom is 0.115 e. The van der Waals surface area contributed by atoms with Gasteiger partial charge in [0.25, 0.3) is 0 Å². The molecule has 0 amide bonds. The summed E-state index contributed by atoms with van der Waals surface area (Å²) in [5, 5.41) is 9.72. The van der Waals surface area contributed by atoms with Gasteiger partial charge < -0.3 is 24.0 Å². The molecule has 4 rings (SSSR count). The number of phosphoric acid groups is 1. The van der Waals surface area contributed by atoms with Crippen molar-refractivity contribution in [3.8, 4) is 5.75 Å². The van der Waals surface area contributed by atoms with Crippen molar-refractivity contribution in [1.29, 1.82) is 0 Å². The van der Waals surface area contributed by atoms with Crippen LogP contribution in [0, 0.1) is 17.3 Å². The summed E-state index contributed by atoms with van der Waals surface area (Å²) in [5.41, 5.74) is 2.36. The number of benzene rings is 1. The molecule has 5 nitrogen and oxygen atoms in total. The molecule has 1 N–H and O–H groups in total. The number of aryl methyl sites for hydroxylation is 1. The lowest BCUT2D eigenvalue weighted by molar-refractivity contribution is -0.347. The minimum absolute atomic E-state index is 0.222. The molecule has 0 radical (unpaired) electrons. The van der Waals surface area contributed by atoms with E-state index >= 15 is 0 Å². The molecule has 0 aromatic heterocycles. The lowest BCUT2D eigenvalue weighted by Gasteiger charge is -2.51. The number of rotatable bonds is 2. The van der Waals surface area contributed by atoms with Crippen molar-refractivity contribution in [2.75, 3.05) is 0 Å². The molecular formula is C18H23O5P-2. The van der Waals surface area contributed by atoms with Crippen LogP contribution < -0.4 is 9.79 Å². The topological polar surface area (TPSA) is 92.7 Å². The summed E-state index contributed by atoms with van der Waals surface area (Å²) in [5.74, 6) is 1.70. The van der Waals surface area contributed by atoms with E-state index in [0.29, 0.717) is 29.9 Å². The number of fused-ring (bicyclic) bond motifs is 5. The summed E-state index contributed by atoms with van der Waals surface area (Å²) < 4.78 is 16.1. The Hall–Kier alpha value is -0.870. The first-order chi connectivity index (χ1) is 11.3. The second kappa shape index (κ2) is 5.57. The first-order valence-electron chi connectivity index (χ1n) is 8.80. The maximum atomic E-state index is 11.1. The fraction of sp³-hybridized carbons (Fsp3) is 0.667. The van der Waals surface area contributed by atoms with Crippen molar-refractivity contribution >= 4 is 7.82 Å². The van der Waals surface area contributed by atoms with Crippen LogP contribution in [0.5, 0.6) is 5.75 Å². The number of phosphoric ester groups is 1. The molecule has 3 aliphatic carbocycles. The molecule has 0 aliphatic heterocycles. The Bertz CT molecular complexity index is 699. The van der Waals surface area contributed by atoms with Gasteiger partial charge in [0.1, 0.15) is 5.75 Å². The quantitative estimate of drug-likeness (QED) is 0.827. The van der Waals surface area contributed by atoms with Gasteiger partial charge in [-0.25, -0.2) is 0 Å². The highest BCUT2D eigenvalue weighted by atomic mass is 31.2. The molecule has 132 valence electrons. The van der Waals surface area contributed by atoms with Gasteiger partial charge in [-0.2, -0.15) is 0 Å². The third-order valence-electron chi connectivity index (χ3n) is 6.88. The van der Waals surface area contributed by atoms with Crippen molar-refractivity contribution in [2.24, 2.45) is 17.3 Å². The lowest BCUT2D eigenvalue weighted by atomic mass is 9.55. The zero-order valence-electron chi connectivity index (χ0n) is 13.8. The largest absolute Gasteiger partial charge is 0.790 e. The van der Waals surface area contributed by atoms with Crippen LogP contribution in [0.25, 0.3) is 0 Å². The molecule has 1 aromatic rings. The van der Waals surface area contributed by atoms with Gasteiger partial charge >= 0.3 is 0 Å². The van der Waals surface area contributed by atoms with Crippen LogP contribution in [0.4, 0.5) is 0 Å². The third-order valence-corrected chi connectivity index (χ3v) is 7.39. The monoisotopic (exact) mass is 350 g/mol. The van der Waals surface area contributed by atoms with Crippen LogP contribution in [-0.2, 0) is 15.5 Å². The minimum Gasteiger partial charge on any atom is -0.790 e. The molecule has 0 spiro atoms. The van der Waals surface area contributed by atoms with E-state index in [-0.39, 0.29) is 5.41 Å². The summed E-state index contributed by atoms with van der Waals surface area (Å²) in [4.78, 5) is 22.2. The molecule has 2 fully saturated rings. The van der Waals surface area contributed by atoms with E-state index in [1.165, 1.54) is 11.1 Å². The molecule has 3 aliphatic rings. The highest BCUT2D eigenvalue weighted by Gasteiger charge is 2.55. The molecular weight excluding hydrogens is 327 g/mol. The molecule has 5 atom stereocenters. The van der Waals surface area contributed by atoms with Crippen LogP contribution in [0.3, 0.4) is 0 Å². The van der Waals surface area contributed by atoms with E-state index in [2.05, 4.69) is 13.0 Å². The van der Waals surface area contributed by atoms with Crippen molar-refractivity contribution < 1.29 is 24.0 Å². The second-order valence-corrected chi connectivity index (χ2v) is 9.07. The fourth-order valence-electron chi connectivity index (χ4n) is 5.85. The van der Waals surface area contributed by atoms with Crippen molar-refractivity contribution in [2.45, 2.75) is 57.5 Å². The van der Waals surface area contributed by atoms with E-state index < -0.39 is 13.9 Å². The summed E-state index contributed by atoms with van der Waals surface area (Å²) in [7, 11) is -4.94.